The first-order valence-electron chi connectivity index (χ1n) is 9.26. The number of rotatable bonds is 7. The normalized spacial score (nSPS) is 10.7. The molecular weight excluding hydrogens is 416 g/mol. The molecule has 0 aliphatic carbocycles. The van der Waals surface area contributed by atoms with E-state index < -0.39 is 0 Å². The maximum absolute atomic E-state index is 11.3. The molecule has 0 unspecified atom stereocenters. The Morgan fingerprint density at radius 3 is 2.90 bits per heavy atom. The molecular formula is C21H20N6OS2. The molecule has 0 aliphatic heterocycles. The van der Waals surface area contributed by atoms with Crippen molar-refractivity contribution in [2.45, 2.75) is 24.8 Å². The molecule has 1 amide bonds. The zero-order valence-electron chi connectivity index (χ0n) is 16.5. The van der Waals surface area contributed by atoms with Crippen molar-refractivity contribution in [3.05, 3.63) is 71.5 Å². The molecule has 9 heteroatoms. The molecule has 152 valence electrons. The van der Waals surface area contributed by atoms with Crippen LogP contribution in [0.15, 0.2) is 65.4 Å². The molecule has 2 N–H and O–H groups in total. The van der Waals surface area contributed by atoms with Gasteiger partial charge in [0.25, 0.3) is 0 Å². The van der Waals surface area contributed by atoms with E-state index in [1.54, 1.807) is 29.4 Å². The van der Waals surface area contributed by atoms with Crippen molar-refractivity contribution < 1.29 is 4.79 Å². The average Bonchev–Trinajstić information content (AvgIpc) is 3.37. The predicted molar refractivity (Wildman–Crippen MR) is 122 cm³/mol. The van der Waals surface area contributed by atoms with Gasteiger partial charge in [0.05, 0.1) is 11.4 Å². The fourth-order valence-corrected chi connectivity index (χ4v) is 4.48. The van der Waals surface area contributed by atoms with Crippen molar-refractivity contribution in [3.8, 4) is 5.69 Å². The molecule has 0 bridgehead atoms. The average molecular weight is 437 g/mol. The fraction of sp³-hybridized carbons (Fsp3) is 0.143. The van der Waals surface area contributed by atoms with E-state index in [2.05, 4.69) is 38.8 Å². The number of nitrogens with one attached hydrogen (secondary N) is 2. The number of carbonyl (C=O) groups is 1. The monoisotopic (exact) mass is 436 g/mol. The van der Waals surface area contributed by atoms with Crippen molar-refractivity contribution in [2.75, 3.05) is 10.6 Å². The van der Waals surface area contributed by atoms with Gasteiger partial charge in [-0.25, -0.2) is 4.98 Å². The molecule has 2 heterocycles. The number of thioether (sulfide) groups is 1. The Morgan fingerprint density at radius 1 is 1.20 bits per heavy atom. The molecule has 0 atom stereocenters. The lowest BCUT2D eigenvalue weighted by Gasteiger charge is -2.08. The second kappa shape index (κ2) is 9.10. The predicted octanol–water partition coefficient (Wildman–Crippen LogP) is 5.03. The van der Waals surface area contributed by atoms with E-state index in [1.165, 1.54) is 12.5 Å². The zero-order chi connectivity index (χ0) is 20.9. The van der Waals surface area contributed by atoms with E-state index in [1.807, 2.05) is 52.4 Å². The van der Waals surface area contributed by atoms with E-state index in [0.29, 0.717) is 5.75 Å². The van der Waals surface area contributed by atoms with E-state index in [0.717, 1.165) is 33.0 Å². The minimum Gasteiger partial charge on any atom is -0.331 e. The summed E-state index contributed by atoms with van der Waals surface area (Å²) in [6.45, 7) is 3.56. The van der Waals surface area contributed by atoms with Gasteiger partial charge in [0.1, 0.15) is 6.33 Å². The highest BCUT2D eigenvalue weighted by molar-refractivity contribution is 7.98. The summed E-state index contributed by atoms with van der Waals surface area (Å²) in [7, 11) is 0. The minimum atomic E-state index is -0.107. The van der Waals surface area contributed by atoms with Gasteiger partial charge in [-0.3, -0.25) is 9.36 Å². The van der Waals surface area contributed by atoms with Crippen LogP contribution >= 0.6 is 23.1 Å². The van der Waals surface area contributed by atoms with Crippen LogP contribution in [0.25, 0.3) is 5.69 Å². The van der Waals surface area contributed by atoms with Crippen LogP contribution in [0.5, 0.6) is 0 Å². The Labute approximate surface area is 182 Å². The van der Waals surface area contributed by atoms with Gasteiger partial charge in [-0.2, -0.15) is 0 Å². The third-order valence-electron chi connectivity index (χ3n) is 4.25. The lowest BCUT2D eigenvalue weighted by atomic mass is 10.2. The highest BCUT2D eigenvalue weighted by atomic mass is 32.2. The molecule has 0 saturated carbocycles. The van der Waals surface area contributed by atoms with Gasteiger partial charge < -0.3 is 10.6 Å². The number of hydrogen-bond donors (Lipinski definition) is 2. The van der Waals surface area contributed by atoms with Gasteiger partial charge in [-0.05, 0) is 36.8 Å². The van der Waals surface area contributed by atoms with E-state index in [9.17, 15) is 4.79 Å². The number of carbonyl (C=O) groups excluding carboxylic acids is 1. The van der Waals surface area contributed by atoms with Crippen molar-refractivity contribution >= 4 is 45.5 Å². The molecule has 4 aromatic rings. The quantitative estimate of drug-likeness (QED) is 0.396. The van der Waals surface area contributed by atoms with Gasteiger partial charge in [-0.1, -0.05) is 36.0 Å². The number of benzene rings is 2. The maximum atomic E-state index is 11.3. The number of aromatic nitrogens is 4. The van der Waals surface area contributed by atoms with Crippen LogP contribution in [0.4, 0.5) is 16.5 Å². The Hall–Kier alpha value is -3.17. The summed E-state index contributed by atoms with van der Waals surface area (Å²) in [6.07, 6.45) is 1.67. The van der Waals surface area contributed by atoms with Crippen LogP contribution in [0.1, 0.15) is 18.2 Å². The number of anilines is 3. The summed E-state index contributed by atoms with van der Waals surface area (Å²) < 4.78 is 1.90. The van der Waals surface area contributed by atoms with Crippen molar-refractivity contribution in [2.24, 2.45) is 0 Å². The number of nitrogens with zero attached hydrogens (tertiary/aromatic N) is 4. The van der Waals surface area contributed by atoms with Crippen LogP contribution in [0.3, 0.4) is 0 Å². The Bertz CT molecular complexity index is 1170. The van der Waals surface area contributed by atoms with Crippen LogP contribution < -0.4 is 10.6 Å². The summed E-state index contributed by atoms with van der Waals surface area (Å²) in [5.74, 6) is 0.569. The van der Waals surface area contributed by atoms with E-state index in [4.69, 9.17) is 0 Å². The number of para-hydroxylation sites is 1. The molecule has 2 aromatic heterocycles. The van der Waals surface area contributed by atoms with E-state index in [-0.39, 0.29) is 5.91 Å². The Balaban J connectivity index is 1.44. The first-order valence-corrected chi connectivity index (χ1v) is 11.1. The maximum Gasteiger partial charge on any atom is 0.221 e. The summed E-state index contributed by atoms with van der Waals surface area (Å²) in [6, 6.07) is 15.7. The van der Waals surface area contributed by atoms with Gasteiger partial charge in [-0.15, -0.1) is 21.5 Å². The SMILES string of the molecule is CC(=O)Nc1cccc(-n2cnnc2SCc2csc(Nc3ccccc3C)n2)c1. The minimum absolute atomic E-state index is 0.107. The molecule has 4 rings (SSSR count). The van der Waals surface area contributed by atoms with Crippen LogP contribution in [-0.4, -0.2) is 25.7 Å². The summed E-state index contributed by atoms with van der Waals surface area (Å²) in [5, 5.41) is 18.1. The fourth-order valence-electron chi connectivity index (χ4n) is 2.83. The topological polar surface area (TPSA) is 84.7 Å². The molecule has 0 radical (unpaired) electrons. The molecule has 30 heavy (non-hydrogen) atoms. The summed E-state index contributed by atoms with van der Waals surface area (Å²) in [5.41, 5.74) is 4.83. The number of aryl methyl sites for hydroxylation is 1. The third-order valence-corrected chi connectivity index (χ3v) is 6.03. The molecule has 2 aromatic carbocycles. The first-order chi connectivity index (χ1) is 14.6. The number of thiazole rings is 1. The lowest BCUT2D eigenvalue weighted by Crippen LogP contribution is -2.06. The molecule has 0 fully saturated rings. The molecule has 0 aliphatic rings. The number of hydrogen-bond acceptors (Lipinski definition) is 7. The third kappa shape index (κ3) is 4.87. The second-order valence-corrected chi connectivity index (χ2v) is 8.39. The van der Waals surface area contributed by atoms with Crippen LogP contribution in [-0.2, 0) is 10.5 Å². The summed E-state index contributed by atoms with van der Waals surface area (Å²) in [4.78, 5) is 16.0. The number of amides is 1. The van der Waals surface area contributed by atoms with Gasteiger partial charge in [0.2, 0.25) is 5.91 Å². The highest BCUT2D eigenvalue weighted by Gasteiger charge is 2.10. The lowest BCUT2D eigenvalue weighted by molar-refractivity contribution is -0.114. The van der Waals surface area contributed by atoms with Gasteiger partial charge >= 0.3 is 0 Å². The van der Waals surface area contributed by atoms with Gasteiger partial charge in [0.15, 0.2) is 10.3 Å². The van der Waals surface area contributed by atoms with Crippen LogP contribution in [0, 0.1) is 6.92 Å². The molecule has 0 saturated heterocycles. The Morgan fingerprint density at radius 2 is 2.07 bits per heavy atom. The standard InChI is InChI=1S/C21H20N6OS2/c1-14-6-3-4-9-19(14)25-20-24-17(11-29-20)12-30-21-26-22-13-27(21)18-8-5-7-16(10-18)23-15(2)28/h3-11,13H,12H2,1-2H3,(H,23,28)(H,24,25). The van der Waals surface area contributed by atoms with Crippen molar-refractivity contribution in [1.82, 2.24) is 19.7 Å². The van der Waals surface area contributed by atoms with Crippen molar-refractivity contribution in [1.29, 1.82) is 0 Å². The largest absolute Gasteiger partial charge is 0.331 e. The smallest absolute Gasteiger partial charge is 0.221 e. The molecule has 7 nitrogen and oxygen atoms in total. The zero-order valence-corrected chi connectivity index (χ0v) is 18.1. The van der Waals surface area contributed by atoms with Crippen molar-refractivity contribution in [3.63, 3.8) is 0 Å². The van der Waals surface area contributed by atoms with E-state index >= 15 is 0 Å². The summed E-state index contributed by atoms with van der Waals surface area (Å²) >= 11 is 3.14. The van der Waals surface area contributed by atoms with Gasteiger partial charge in [0, 0.05) is 29.4 Å². The molecule has 0 spiro atoms. The highest BCUT2D eigenvalue weighted by Crippen LogP contribution is 2.28. The second-order valence-electron chi connectivity index (χ2n) is 6.59. The first kappa shape index (κ1) is 20.1. The Kier molecular flexibility index (Phi) is 6.10. The van der Waals surface area contributed by atoms with Crippen LogP contribution in [0.2, 0.25) is 0 Å².